The molecule has 0 N–H and O–H groups in total. The van der Waals surface area contributed by atoms with E-state index >= 15 is 0 Å². The second-order valence-corrected chi connectivity index (χ2v) is 2.44. The van der Waals surface area contributed by atoms with Crippen LogP contribution in [0.25, 0.3) is 0 Å². The summed E-state index contributed by atoms with van der Waals surface area (Å²) in [5.74, 6) is -0.844. The number of ether oxygens (including phenoxy) is 2. The molecule has 1 aromatic rings. The van der Waals surface area contributed by atoms with E-state index in [1.807, 2.05) is 0 Å². The number of rotatable bonds is 4. The van der Waals surface area contributed by atoms with E-state index < -0.39 is 19.0 Å². The van der Waals surface area contributed by atoms with Crippen molar-refractivity contribution in [1.29, 1.82) is 0 Å². The lowest BCUT2D eigenvalue weighted by molar-refractivity contribution is 0.0589. The zero-order valence-corrected chi connectivity index (χ0v) is 7.81. The van der Waals surface area contributed by atoms with Crippen molar-refractivity contribution in [3.8, 4) is 5.88 Å². The molecule has 0 aliphatic rings. The number of hydrogen-bond acceptors (Lipinski definition) is 5. The first-order valence-electron chi connectivity index (χ1n) is 3.94. The maximum Gasteiger partial charge on any atom is 0.358 e. The summed E-state index contributed by atoms with van der Waals surface area (Å²) in [6.07, 6.45) is -0.316. The predicted molar refractivity (Wildman–Crippen MR) is 44.9 cm³/mol. The fraction of sp³-hybridized carbons (Fsp3) is 0.375. The van der Waals surface area contributed by atoms with Crippen LogP contribution in [0.5, 0.6) is 5.88 Å². The summed E-state index contributed by atoms with van der Waals surface area (Å²) in [6, 6.07) is 0. The van der Waals surface area contributed by atoms with Gasteiger partial charge in [0.1, 0.15) is 0 Å². The van der Waals surface area contributed by atoms with Crippen molar-refractivity contribution in [3.63, 3.8) is 0 Å². The van der Waals surface area contributed by atoms with Gasteiger partial charge in [0.2, 0.25) is 5.88 Å². The number of nitrogens with zero attached hydrogens (tertiary/aromatic N) is 2. The molecule has 0 atom stereocenters. The summed E-state index contributed by atoms with van der Waals surface area (Å²) in [5, 5.41) is 0. The molecule has 0 aliphatic heterocycles. The van der Waals surface area contributed by atoms with Crippen LogP contribution < -0.4 is 4.74 Å². The summed E-state index contributed by atoms with van der Waals surface area (Å²) in [4.78, 5) is 18.2. The Kier molecular flexibility index (Phi) is 3.90. The van der Waals surface area contributed by atoms with Crippen LogP contribution in [0.4, 0.5) is 8.78 Å². The van der Waals surface area contributed by atoms with Crippen molar-refractivity contribution in [1.82, 2.24) is 9.97 Å². The zero-order valence-electron chi connectivity index (χ0n) is 7.81. The van der Waals surface area contributed by atoms with E-state index in [0.717, 1.165) is 12.4 Å². The molecule has 1 aromatic heterocycles. The average molecular weight is 218 g/mol. The molecule has 5 nitrogen and oxygen atoms in total. The van der Waals surface area contributed by atoms with Crippen molar-refractivity contribution in [2.75, 3.05) is 13.7 Å². The first-order chi connectivity index (χ1) is 7.13. The third-order valence-corrected chi connectivity index (χ3v) is 1.36. The number of halogens is 2. The summed E-state index contributed by atoms with van der Waals surface area (Å²) >= 11 is 0. The van der Waals surface area contributed by atoms with Crippen LogP contribution >= 0.6 is 0 Å². The average Bonchev–Trinajstić information content (AvgIpc) is 2.25. The number of carbonyl (C=O) groups excluding carboxylic acids is 1. The molecule has 82 valence electrons. The third-order valence-electron chi connectivity index (χ3n) is 1.36. The Morgan fingerprint density at radius 3 is 2.87 bits per heavy atom. The van der Waals surface area contributed by atoms with Gasteiger partial charge < -0.3 is 9.47 Å². The summed E-state index contributed by atoms with van der Waals surface area (Å²) in [5.41, 5.74) is -0.0933. The first kappa shape index (κ1) is 11.3. The first-order valence-corrected chi connectivity index (χ1v) is 3.94. The molecule has 1 rings (SSSR count). The lowest BCUT2D eigenvalue weighted by Crippen LogP contribution is -2.11. The van der Waals surface area contributed by atoms with E-state index in [1.165, 1.54) is 7.11 Å². The molecule has 1 heterocycles. The third kappa shape index (κ3) is 3.45. The molecule has 0 saturated heterocycles. The zero-order chi connectivity index (χ0) is 11.3. The maximum absolute atomic E-state index is 11.8. The van der Waals surface area contributed by atoms with Gasteiger partial charge >= 0.3 is 5.97 Å². The fourth-order valence-corrected chi connectivity index (χ4v) is 0.769. The van der Waals surface area contributed by atoms with Crippen molar-refractivity contribution in [3.05, 3.63) is 18.1 Å². The monoisotopic (exact) mass is 218 g/mol. The Morgan fingerprint density at radius 2 is 2.27 bits per heavy atom. The summed E-state index contributed by atoms with van der Waals surface area (Å²) < 4.78 is 32.5. The minimum atomic E-state index is -2.60. The van der Waals surface area contributed by atoms with Gasteiger partial charge in [-0.25, -0.2) is 18.6 Å². The Labute approximate surface area is 84.1 Å². The number of hydrogen-bond donors (Lipinski definition) is 0. The number of methoxy groups -OCH3 is 1. The fourth-order valence-electron chi connectivity index (χ4n) is 0.769. The van der Waals surface area contributed by atoms with Gasteiger partial charge in [-0.15, -0.1) is 0 Å². The van der Waals surface area contributed by atoms with Gasteiger partial charge in [0, 0.05) is 0 Å². The quantitative estimate of drug-likeness (QED) is 0.703. The minimum absolute atomic E-state index is 0.0933. The van der Waals surface area contributed by atoms with Gasteiger partial charge in [0.05, 0.1) is 19.5 Å². The normalized spacial score (nSPS) is 10.1. The van der Waals surface area contributed by atoms with Crippen LogP contribution in [0.1, 0.15) is 10.5 Å². The predicted octanol–water partition coefficient (Wildman–Crippen LogP) is 0.907. The van der Waals surface area contributed by atoms with Gasteiger partial charge in [-0.2, -0.15) is 0 Å². The molecule has 0 bridgehead atoms. The summed E-state index contributed by atoms with van der Waals surface area (Å²) in [6.45, 7) is -0.792. The van der Waals surface area contributed by atoms with E-state index in [0.29, 0.717) is 0 Å². The van der Waals surface area contributed by atoms with E-state index in [2.05, 4.69) is 19.4 Å². The van der Waals surface area contributed by atoms with Gasteiger partial charge in [-0.3, -0.25) is 4.98 Å². The number of esters is 1. The molecule has 15 heavy (non-hydrogen) atoms. The summed E-state index contributed by atoms with van der Waals surface area (Å²) in [7, 11) is 1.18. The molecule has 0 radical (unpaired) electrons. The maximum atomic E-state index is 11.8. The number of aromatic nitrogens is 2. The molecule has 0 saturated carbocycles. The lowest BCUT2D eigenvalue weighted by atomic mass is 10.4. The van der Waals surface area contributed by atoms with E-state index in [9.17, 15) is 13.6 Å². The van der Waals surface area contributed by atoms with Crippen molar-refractivity contribution in [2.45, 2.75) is 6.43 Å². The Hall–Kier alpha value is -1.79. The van der Waals surface area contributed by atoms with Crippen LogP contribution in [0, 0.1) is 0 Å². The molecular formula is C8H8F2N2O3. The molecule has 0 aliphatic carbocycles. The second-order valence-electron chi connectivity index (χ2n) is 2.44. The lowest BCUT2D eigenvalue weighted by Gasteiger charge is -2.04. The highest BCUT2D eigenvalue weighted by Crippen LogP contribution is 2.07. The van der Waals surface area contributed by atoms with E-state index in [-0.39, 0.29) is 11.6 Å². The van der Waals surface area contributed by atoms with E-state index in [1.54, 1.807) is 0 Å². The van der Waals surface area contributed by atoms with Crippen LogP contribution in [0.3, 0.4) is 0 Å². The van der Waals surface area contributed by atoms with Gasteiger partial charge in [-0.1, -0.05) is 0 Å². The van der Waals surface area contributed by atoms with Crippen LogP contribution in [-0.4, -0.2) is 36.1 Å². The standard InChI is InChI=1S/C8H8F2N2O3/c1-14-8(13)5-2-11-3-7(12-5)15-4-6(9)10/h2-3,6H,4H2,1H3. The molecule has 0 aromatic carbocycles. The molecule has 7 heteroatoms. The number of carbonyl (C=O) groups is 1. The van der Waals surface area contributed by atoms with Gasteiger partial charge in [-0.05, 0) is 0 Å². The molecular weight excluding hydrogens is 210 g/mol. The highest BCUT2D eigenvalue weighted by molar-refractivity contribution is 5.86. The van der Waals surface area contributed by atoms with Crippen molar-refractivity contribution >= 4 is 5.97 Å². The molecule has 0 spiro atoms. The smallest absolute Gasteiger partial charge is 0.358 e. The van der Waals surface area contributed by atoms with Crippen LogP contribution in [-0.2, 0) is 4.74 Å². The highest BCUT2D eigenvalue weighted by atomic mass is 19.3. The minimum Gasteiger partial charge on any atom is -0.470 e. The second kappa shape index (κ2) is 5.18. The van der Waals surface area contributed by atoms with Gasteiger partial charge in [0.15, 0.2) is 12.3 Å². The SMILES string of the molecule is COC(=O)c1cncc(OCC(F)F)n1. The Balaban J connectivity index is 2.70. The van der Waals surface area contributed by atoms with Crippen molar-refractivity contribution in [2.24, 2.45) is 0 Å². The molecule has 0 unspecified atom stereocenters. The molecule has 0 fully saturated rings. The molecule has 0 amide bonds. The Morgan fingerprint density at radius 1 is 1.53 bits per heavy atom. The van der Waals surface area contributed by atoms with Crippen LogP contribution in [0.2, 0.25) is 0 Å². The van der Waals surface area contributed by atoms with E-state index in [4.69, 9.17) is 0 Å². The highest BCUT2D eigenvalue weighted by Gasteiger charge is 2.10. The number of alkyl halides is 2. The van der Waals surface area contributed by atoms with Gasteiger partial charge in [0.25, 0.3) is 6.43 Å². The topological polar surface area (TPSA) is 61.3 Å². The van der Waals surface area contributed by atoms with Crippen LogP contribution in [0.15, 0.2) is 12.4 Å². The van der Waals surface area contributed by atoms with Crippen molar-refractivity contribution < 1.29 is 23.0 Å². The largest absolute Gasteiger partial charge is 0.470 e. The Bertz CT molecular complexity index is 346.